The normalized spacial score (nSPS) is 34.6. The third-order valence-electron chi connectivity index (χ3n) is 12.6. The first-order valence-corrected chi connectivity index (χ1v) is 20.5. The van der Waals surface area contributed by atoms with Crippen molar-refractivity contribution in [2.75, 3.05) is 0 Å². The standard InChI is InChI=1S/C36H56O12S2/c1-24-10-15-31-35(7,19-8-16-32(3,4)46-31)36(24,39)21-20-33(5)17-9-18-34(6,29(33)14-11-25(2)37)30(38)23-26-22-27(47-49(40,41)42)12-13-28(26)48-50(43,44)45/h12-13,22,24,29,31,39H,8-11,14-21,23H2,1-7H3,(H,40,41,42)(H,43,44,45)/t24-,29-,31+,33+,34-,35+,36-/m0/s1. The summed E-state index contributed by atoms with van der Waals surface area (Å²) in [5.41, 5.74) is -3.28. The number of carbonyl (C=O) groups is 2. The molecule has 0 radical (unpaired) electrons. The van der Waals surface area contributed by atoms with Crippen LogP contribution in [0.25, 0.3) is 0 Å². The molecule has 7 atom stereocenters. The summed E-state index contributed by atoms with van der Waals surface area (Å²) >= 11 is 0. The minimum absolute atomic E-state index is 0.0141. The lowest BCUT2D eigenvalue weighted by molar-refractivity contribution is -0.229. The molecule has 2 aliphatic carbocycles. The van der Waals surface area contributed by atoms with Crippen LogP contribution in [0.15, 0.2) is 18.2 Å². The molecule has 0 spiro atoms. The van der Waals surface area contributed by atoms with E-state index in [-0.39, 0.29) is 47.1 Å². The molecule has 1 heterocycles. The number of aliphatic hydroxyl groups is 1. The molecular formula is C36H56O12S2. The Morgan fingerprint density at radius 3 is 2.16 bits per heavy atom. The maximum atomic E-state index is 14.5. The molecule has 0 unspecified atom stereocenters. The van der Waals surface area contributed by atoms with Gasteiger partial charge in [-0.05, 0) is 120 Å². The number of Topliss-reactive ketones (excluding diaryl/α,β-unsaturated/α-hetero) is 2. The van der Waals surface area contributed by atoms with Crippen LogP contribution in [-0.2, 0) is 41.5 Å². The molecule has 50 heavy (non-hydrogen) atoms. The van der Waals surface area contributed by atoms with Crippen molar-refractivity contribution < 1.29 is 53.7 Å². The van der Waals surface area contributed by atoms with Crippen molar-refractivity contribution in [1.82, 2.24) is 0 Å². The Balaban J connectivity index is 1.69. The number of hydrogen-bond acceptors (Lipinski definition) is 10. The molecule has 2 saturated carbocycles. The van der Waals surface area contributed by atoms with Gasteiger partial charge in [0.05, 0.1) is 17.3 Å². The van der Waals surface area contributed by atoms with Crippen molar-refractivity contribution in [1.29, 1.82) is 0 Å². The zero-order valence-corrected chi connectivity index (χ0v) is 32.1. The first-order valence-electron chi connectivity index (χ1n) is 17.7. The van der Waals surface area contributed by atoms with E-state index in [1.54, 1.807) is 0 Å². The van der Waals surface area contributed by atoms with E-state index >= 15 is 0 Å². The van der Waals surface area contributed by atoms with Crippen molar-refractivity contribution >= 4 is 32.4 Å². The van der Waals surface area contributed by atoms with E-state index in [9.17, 15) is 40.6 Å². The van der Waals surface area contributed by atoms with Gasteiger partial charge < -0.3 is 23.0 Å². The highest BCUT2D eigenvalue weighted by Gasteiger charge is 2.60. The smallest absolute Gasteiger partial charge is 0.389 e. The van der Waals surface area contributed by atoms with Crippen molar-refractivity contribution in [3.63, 3.8) is 0 Å². The van der Waals surface area contributed by atoms with Gasteiger partial charge in [0, 0.05) is 29.2 Å². The molecule has 14 heteroatoms. The summed E-state index contributed by atoms with van der Waals surface area (Å²) in [6.07, 6.45) is 7.68. The van der Waals surface area contributed by atoms with Crippen LogP contribution in [0.1, 0.15) is 131 Å². The minimum Gasteiger partial charge on any atom is -0.389 e. The molecule has 0 aromatic heterocycles. The van der Waals surface area contributed by atoms with Gasteiger partial charge >= 0.3 is 20.8 Å². The number of benzene rings is 1. The summed E-state index contributed by atoms with van der Waals surface area (Å²) < 4.78 is 80.6. The maximum Gasteiger partial charge on any atom is 0.446 e. The zero-order chi connectivity index (χ0) is 37.6. The number of carbonyl (C=O) groups excluding carboxylic acids is 2. The van der Waals surface area contributed by atoms with Gasteiger partial charge in [0.2, 0.25) is 0 Å². The Morgan fingerprint density at radius 2 is 1.54 bits per heavy atom. The highest BCUT2D eigenvalue weighted by Crippen LogP contribution is 2.60. The van der Waals surface area contributed by atoms with Gasteiger partial charge in [-0.1, -0.05) is 34.1 Å². The highest BCUT2D eigenvalue weighted by atomic mass is 32.3. The summed E-state index contributed by atoms with van der Waals surface area (Å²) in [6, 6.07) is 3.10. The zero-order valence-electron chi connectivity index (χ0n) is 30.5. The number of ether oxygens (including phenoxy) is 1. The SMILES string of the molecule is CC(=O)CC[C@H]1[C@@](C)(CC[C@]2(O)[C@@H](C)CC[C@H]3OC(C)(C)CCC[C@]32C)CCC[C@]1(C)C(=O)Cc1cc(OS(=O)(=O)O)ccc1OS(=O)(=O)O. The monoisotopic (exact) mass is 744 g/mol. The van der Waals surface area contributed by atoms with E-state index < -0.39 is 60.6 Å². The Labute approximate surface area is 297 Å². The van der Waals surface area contributed by atoms with Gasteiger partial charge in [-0.2, -0.15) is 16.8 Å². The second-order valence-electron chi connectivity index (χ2n) is 16.6. The van der Waals surface area contributed by atoms with Crippen molar-refractivity contribution in [3.8, 4) is 11.5 Å². The molecule has 12 nitrogen and oxygen atoms in total. The average Bonchev–Trinajstić information content (AvgIpc) is 3.08. The largest absolute Gasteiger partial charge is 0.446 e. The molecule has 3 fully saturated rings. The summed E-state index contributed by atoms with van der Waals surface area (Å²) in [5, 5.41) is 12.7. The molecule has 3 N–H and O–H groups in total. The van der Waals surface area contributed by atoms with E-state index in [1.807, 2.05) is 6.92 Å². The third kappa shape index (κ3) is 8.91. The first kappa shape index (κ1) is 40.7. The first-order chi connectivity index (χ1) is 22.8. The van der Waals surface area contributed by atoms with Crippen LogP contribution in [0.4, 0.5) is 0 Å². The number of ketones is 2. The molecule has 1 saturated heterocycles. The van der Waals surface area contributed by atoms with Crippen LogP contribution in [0.5, 0.6) is 11.5 Å². The summed E-state index contributed by atoms with van der Waals surface area (Å²) in [5.74, 6) is -1.37. The second-order valence-corrected chi connectivity index (χ2v) is 18.7. The predicted molar refractivity (Wildman–Crippen MR) is 186 cm³/mol. The fourth-order valence-corrected chi connectivity index (χ4v) is 10.5. The van der Waals surface area contributed by atoms with Crippen molar-refractivity contribution in [3.05, 3.63) is 23.8 Å². The summed E-state index contributed by atoms with van der Waals surface area (Å²) in [6.45, 7) is 14.0. The topological polar surface area (TPSA) is 191 Å². The Hall–Kier alpha value is -2.10. The molecule has 4 rings (SSSR count). The van der Waals surface area contributed by atoms with Crippen LogP contribution in [0.2, 0.25) is 0 Å². The van der Waals surface area contributed by atoms with Crippen LogP contribution in [0.3, 0.4) is 0 Å². The van der Waals surface area contributed by atoms with Gasteiger partial charge in [0.1, 0.15) is 23.1 Å². The molecule has 3 aliphatic rings. The van der Waals surface area contributed by atoms with Crippen LogP contribution < -0.4 is 8.37 Å². The van der Waals surface area contributed by atoms with Crippen LogP contribution in [0, 0.1) is 28.1 Å². The second kappa shape index (κ2) is 14.4. The summed E-state index contributed by atoms with van der Waals surface area (Å²) in [4.78, 5) is 26.8. The molecule has 284 valence electrons. The molecular weight excluding hydrogens is 689 g/mol. The van der Waals surface area contributed by atoms with Crippen LogP contribution in [-0.4, -0.2) is 59.9 Å². The molecule has 1 aromatic rings. The van der Waals surface area contributed by atoms with Crippen molar-refractivity contribution in [2.45, 2.75) is 149 Å². The van der Waals surface area contributed by atoms with Crippen molar-refractivity contribution in [2.24, 2.45) is 28.1 Å². The van der Waals surface area contributed by atoms with E-state index in [1.165, 1.54) is 6.92 Å². The number of hydrogen-bond donors (Lipinski definition) is 3. The average molecular weight is 745 g/mol. The minimum atomic E-state index is -5.01. The molecule has 0 bridgehead atoms. The van der Waals surface area contributed by atoms with Gasteiger partial charge in [0.15, 0.2) is 0 Å². The van der Waals surface area contributed by atoms with Gasteiger partial charge in [-0.3, -0.25) is 13.9 Å². The van der Waals surface area contributed by atoms with E-state index in [0.717, 1.165) is 56.7 Å². The quantitative estimate of drug-likeness (QED) is 0.183. The summed E-state index contributed by atoms with van der Waals surface area (Å²) in [7, 11) is -9.95. The number of fused-ring (bicyclic) bond motifs is 1. The lowest BCUT2D eigenvalue weighted by Gasteiger charge is -2.58. The lowest BCUT2D eigenvalue weighted by atomic mass is 9.49. The van der Waals surface area contributed by atoms with Gasteiger partial charge in [-0.15, -0.1) is 0 Å². The fourth-order valence-electron chi connectivity index (χ4n) is 9.76. The molecule has 1 aromatic carbocycles. The highest BCUT2D eigenvalue weighted by molar-refractivity contribution is 7.81. The molecule has 1 aliphatic heterocycles. The predicted octanol–water partition coefficient (Wildman–Crippen LogP) is 6.64. The van der Waals surface area contributed by atoms with Crippen LogP contribution >= 0.6 is 0 Å². The van der Waals surface area contributed by atoms with E-state index in [4.69, 9.17) is 8.92 Å². The van der Waals surface area contributed by atoms with Gasteiger partial charge in [0.25, 0.3) is 0 Å². The van der Waals surface area contributed by atoms with E-state index in [0.29, 0.717) is 32.1 Å². The van der Waals surface area contributed by atoms with E-state index in [2.05, 4.69) is 38.8 Å². The Kier molecular flexibility index (Phi) is 11.7. The lowest BCUT2D eigenvalue weighted by Crippen LogP contribution is -2.61. The van der Waals surface area contributed by atoms with Gasteiger partial charge in [-0.25, -0.2) is 0 Å². The number of rotatable bonds is 13. The Morgan fingerprint density at radius 1 is 0.900 bits per heavy atom. The molecule has 0 amide bonds. The fraction of sp³-hybridized carbons (Fsp3) is 0.778. The Bertz CT molecular complexity index is 1660. The maximum absolute atomic E-state index is 14.5. The third-order valence-corrected chi connectivity index (χ3v) is 13.4.